The third kappa shape index (κ3) is 4.70. The van der Waals surface area contributed by atoms with Crippen LogP contribution in [0.4, 0.5) is 0 Å². The van der Waals surface area contributed by atoms with E-state index in [0.717, 1.165) is 39.7 Å². The van der Waals surface area contributed by atoms with Crippen molar-refractivity contribution in [3.8, 4) is 0 Å². The van der Waals surface area contributed by atoms with Crippen LogP contribution in [0.2, 0.25) is 0 Å². The smallest absolute Gasteiger partial charge is 0.339 e. The summed E-state index contributed by atoms with van der Waals surface area (Å²) in [7, 11) is 1.56. The number of methoxy groups -OCH3 is 1. The maximum Gasteiger partial charge on any atom is 0.339 e. The molecule has 1 aliphatic rings. The Morgan fingerprint density at radius 2 is 1.88 bits per heavy atom. The summed E-state index contributed by atoms with van der Waals surface area (Å²) in [6.45, 7) is 2.50. The lowest BCUT2D eigenvalue weighted by atomic mass is 10.0. The highest BCUT2D eigenvalue weighted by Crippen LogP contribution is 2.37. The summed E-state index contributed by atoms with van der Waals surface area (Å²) in [5, 5.41) is 3.40. The van der Waals surface area contributed by atoms with E-state index >= 15 is 0 Å². The zero-order valence-electron chi connectivity index (χ0n) is 18.3. The summed E-state index contributed by atoms with van der Waals surface area (Å²) in [5.74, 6) is -0.858. The first-order valence-corrected chi connectivity index (χ1v) is 10.7. The molecule has 1 amide bonds. The molecule has 0 saturated carbocycles. The first-order chi connectivity index (χ1) is 15.6. The number of allylic oxidation sites excluding steroid dienone is 1. The standard InChI is InChI=1S/C26H26N2O4/c1-17-7-9-18(10-8-17)15-19-11-12-21-24(20-5-3-4-6-22(20)28-25(19)21)26(30)32-16-23(29)27-13-14-31-2/h3-10,15H,11-14,16H2,1-2H3,(H,27,29)/b19-15+. The van der Waals surface area contributed by atoms with Crippen molar-refractivity contribution in [1.82, 2.24) is 10.3 Å². The van der Waals surface area contributed by atoms with Gasteiger partial charge in [0.05, 0.1) is 23.4 Å². The number of hydrogen-bond acceptors (Lipinski definition) is 5. The van der Waals surface area contributed by atoms with Crippen molar-refractivity contribution in [1.29, 1.82) is 0 Å². The van der Waals surface area contributed by atoms with Crippen LogP contribution in [0.5, 0.6) is 0 Å². The van der Waals surface area contributed by atoms with Gasteiger partial charge in [-0.1, -0.05) is 48.0 Å². The van der Waals surface area contributed by atoms with Gasteiger partial charge in [0.1, 0.15) is 0 Å². The maximum absolute atomic E-state index is 13.1. The zero-order valence-corrected chi connectivity index (χ0v) is 18.3. The zero-order chi connectivity index (χ0) is 22.5. The van der Waals surface area contributed by atoms with Crippen molar-refractivity contribution < 1.29 is 19.1 Å². The Hall–Kier alpha value is -3.51. The molecule has 3 aromatic rings. The number of fused-ring (bicyclic) bond motifs is 2. The number of carbonyl (C=O) groups is 2. The molecule has 0 fully saturated rings. The predicted octanol–water partition coefficient (Wildman–Crippen LogP) is 3.95. The number of nitrogens with one attached hydrogen (secondary N) is 1. The van der Waals surface area contributed by atoms with E-state index in [1.54, 1.807) is 7.11 Å². The summed E-state index contributed by atoms with van der Waals surface area (Å²) in [6.07, 6.45) is 3.63. The van der Waals surface area contributed by atoms with E-state index in [9.17, 15) is 9.59 Å². The van der Waals surface area contributed by atoms with Crippen LogP contribution in [-0.4, -0.2) is 43.7 Å². The number of aromatic nitrogens is 1. The lowest BCUT2D eigenvalue weighted by Gasteiger charge is -2.12. The fourth-order valence-corrected chi connectivity index (χ4v) is 3.92. The largest absolute Gasteiger partial charge is 0.452 e. The molecule has 0 bridgehead atoms. The number of rotatable bonds is 7. The highest BCUT2D eigenvalue weighted by atomic mass is 16.5. The van der Waals surface area contributed by atoms with Crippen molar-refractivity contribution >= 4 is 34.4 Å². The van der Waals surface area contributed by atoms with Gasteiger partial charge in [0, 0.05) is 19.0 Å². The Morgan fingerprint density at radius 1 is 1.09 bits per heavy atom. The SMILES string of the molecule is COCCNC(=O)COC(=O)c1c2c(nc3ccccc13)/C(=C/c1ccc(C)cc1)CC2. The summed E-state index contributed by atoms with van der Waals surface area (Å²) in [5.41, 5.74) is 6.36. The first-order valence-electron chi connectivity index (χ1n) is 10.7. The molecule has 1 N–H and O–H groups in total. The third-order valence-electron chi connectivity index (χ3n) is 5.53. The Balaban J connectivity index is 1.65. The summed E-state index contributed by atoms with van der Waals surface area (Å²) >= 11 is 0. The van der Waals surface area contributed by atoms with Gasteiger partial charge in [0.25, 0.3) is 5.91 Å². The molecule has 0 spiro atoms. The minimum absolute atomic E-state index is 0.333. The van der Waals surface area contributed by atoms with Gasteiger partial charge in [0.2, 0.25) is 0 Å². The molecule has 6 nitrogen and oxygen atoms in total. The van der Waals surface area contributed by atoms with Crippen molar-refractivity contribution in [2.24, 2.45) is 0 Å². The van der Waals surface area contributed by atoms with Crippen LogP contribution in [0.1, 0.15) is 39.2 Å². The number of amides is 1. The molecule has 32 heavy (non-hydrogen) atoms. The van der Waals surface area contributed by atoms with Crippen molar-refractivity contribution in [3.05, 3.63) is 76.5 Å². The van der Waals surface area contributed by atoms with E-state index < -0.39 is 5.97 Å². The topological polar surface area (TPSA) is 77.5 Å². The second kappa shape index (κ2) is 9.75. The van der Waals surface area contributed by atoms with Crippen LogP contribution < -0.4 is 5.32 Å². The number of carbonyl (C=O) groups excluding carboxylic acids is 2. The molecule has 0 aliphatic heterocycles. The molecule has 1 aromatic heterocycles. The highest BCUT2D eigenvalue weighted by Gasteiger charge is 2.27. The molecular formula is C26H26N2O4. The second-order valence-corrected chi connectivity index (χ2v) is 7.83. The van der Waals surface area contributed by atoms with Gasteiger partial charge in [0.15, 0.2) is 6.61 Å². The molecule has 6 heteroatoms. The minimum Gasteiger partial charge on any atom is -0.452 e. The van der Waals surface area contributed by atoms with Crippen molar-refractivity contribution in [2.75, 3.05) is 26.9 Å². The number of aryl methyl sites for hydroxylation is 1. The molecule has 0 saturated heterocycles. The highest BCUT2D eigenvalue weighted by molar-refractivity contribution is 6.07. The van der Waals surface area contributed by atoms with E-state index in [2.05, 4.69) is 42.6 Å². The molecule has 4 rings (SSSR count). The molecule has 1 aliphatic carbocycles. The van der Waals surface area contributed by atoms with Gasteiger partial charge in [-0.2, -0.15) is 0 Å². The monoisotopic (exact) mass is 430 g/mol. The first kappa shape index (κ1) is 21.7. The molecule has 164 valence electrons. The normalized spacial score (nSPS) is 13.9. The number of hydrogen-bond donors (Lipinski definition) is 1. The number of esters is 1. The van der Waals surface area contributed by atoms with Gasteiger partial charge in [-0.15, -0.1) is 0 Å². The Kier molecular flexibility index (Phi) is 6.61. The number of nitrogens with zero attached hydrogens (tertiary/aromatic N) is 1. The van der Waals surface area contributed by atoms with Crippen molar-refractivity contribution in [3.63, 3.8) is 0 Å². The molecule has 2 aromatic carbocycles. The van der Waals surface area contributed by atoms with Crippen LogP contribution >= 0.6 is 0 Å². The fraction of sp³-hybridized carbons (Fsp3) is 0.269. The molecule has 0 atom stereocenters. The lowest BCUT2D eigenvalue weighted by Crippen LogP contribution is -2.31. The van der Waals surface area contributed by atoms with Crippen LogP contribution in [0.25, 0.3) is 22.6 Å². The van der Waals surface area contributed by atoms with Gasteiger partial charge in [-0.3, -0.25) is 4.79 Å². The Bertz CT molecular complexity index is 1180. The van der Waals surface area contributed by atoms with Crippen LogP contribution in [0.3, 0.4) is 0 Å². The van der Waals surface area contributed by atoms with Gasteiger partial charge in [-0.05, 0) is 48.6 Å². The quantitative estimate of drug-likeness (QED) is 0.454. The van der Waals surface area contributed by atoms with Crippen molar-refractivity contribution in [2.45, 2.75) is 19.8 Å². The summed E-state index contributed by atoms with van der Waals surface area (Å²) in [4.78, 5) is 29.9. The molecule has 0 unspecified atom stereocenters. The number of ether oxygens (including phenoxy) is 2. The van der Waals surface area contributed by atoms with Gasteiger partial charge < -0.3 is 14.8 Å². The van der Waals surface area contributed by atoms with E-state index in [1.165, 1.54) is 5.56 Å². The average molecular weight is 431 g/mol. The van der Waals surface area contributed by atoms with E-state index in [4.69, 9.17) is 14.5 Å². The van der Waals surface area contributed by atoms with Gasteiger partial charge in [-0.25, -0.2) is 9.78 Å². The fourth-order valence-electron chi connectivity index (χ4n) is 3.92. The molecule has 1 heterocycles. The molecular weight excluding hydrogens is 404 g/mol. The van der Waals surface area contributed by atoms with Crippen LogP contribution in [-0.2, 0) is 20.7 Å². The Labute approximate surface area is 187 Å². The van der Waals surface area contributed by atoms with Crippen LogP contribution in [0.15, 0.2) is 48.5 Å². The number of benzene rings is 2. The number of pyridine rings is 1. The second-order valence-electron chi connectivity index (χ2n) is 7.83. The van der Waals surface area contributed by atoms with Gasteiger partial charge >= 0.3 is 5.97 Å². The summed E-state index contributed by atoms with van der Waals surface area (Å²) in [6, 6.07) is 15.9. The summed E-state index contributed by atoms with van der Waals surface area (Å²) < 4.78 is 10.3. The van der Waals surface area contributed by atoms with Crippen LogP contribution in [0, 0.1) is 6.92 Å². The number of para-hydroxylation sites is 1. The molecule has 0 radical (unpaired) electrons. The Morgan fingerprint density at radius 3 is 2.66 bits per heavy atom. The van der Waals surface area contributed by atoms with E-state index in [1.807, 2.05) is 24.3 Å². The van der Waals surface area contributed by atoms with E-state index in [0.29, 0.717) is 25.1 Å². The lowest BCUT2D eigenvalue weighted by molar-refractivity contribution is -0.124. The minimum atomic E-state index is -0.502. The third-order valence-corrected chi connectivity index (χ3v) is 5.53. The average Bonchev–Trinajstić information content (AvgIpc) is 3.19. The maximum atomic E-state index is 13.1. The predicted molar refractivity (Wildman–Crippen MR) is 124 cm³/mol. The van der Waals surface area contributed by atoms with E-state index in [-0.39, 0.29) is 12.5 Å².